The molecule has 1 atom stereocenters. The van der Waals surface area contributed by atoms with Crippen molar-refractivity contribution >= 4 is 17.6 Å². The van der Waals surface area contributed by atoms with Crippen molar-refractivity contribution in [3.8, 4) is 5.75 Å². The zero-order valence-corrected chi connectivity index (χ0v) is 13.9. The Kier molecular flexibility index (Phi) is 5.03. The average Bonchev–Trinajstić information content (AvgIpc) is 2.99. The van der Waals surface area contributed by atoms with E-state index in [1.165, 1.54) is 16.5 Å². The van der Waals surface area contributed by atoms with Crippen molar-refractivity contribution in [1.82, 2.24) is 0 Å². The molecule has 1 fully saturated rings. The number of carboxylic acid groups (broad SMARTS) is 1. The van der Waals surface area contributed by atoms with Crippen molar-refractivity contribution in [2.75, 3.05) is 4.90 Å². The number of carboxylic acids is 1. The summed E-state index contributed by atoms with van der Waals surface area (Å²) in [6, 6.07) is 14.4. The molecule has 0 aliphatic carbocycles. The van der Waals surface area contributed by atoms with E-state index < -0.39 is 12.0 Å². The molecule has 3 rings (SSSR count). The van der Waals surface area contributed by atoms with Gasteiger partial charge in [-0.1, -0.05) is 36.4 Å². The second-order valence-corrected chi connectivity index (χ2v) is 6.32. The molecule has 2 aromatic rings. The van der Waals surface area contributed by atoms with Crippen LogP contribution in [-0.2, 0) is 22.4 Å². The van der Waals surface area contributed by atoms with Crippen molar-refractivity contribution in [1.29, 1.82) is 0 Å². The highest BCUT2D eigenvalue weighted by atomic mass is 16.4. The highest BCUT2D eigenvalue weighted by Gasteiger charge is 2.38. The minimum Gasteiger partial charge on any atom is -0.506 e. The van der Waals surface area contributed by atoms with E-state index in [0.29, 0.717) is 5.69 Å². The fourth-order valence-electron chi connectivity index (χ4n) is 3.28. The summed E-state index contributed by atoms with van der Waals surface area (Å²) in [5.41, 5.74) is 2.54. The van der Waals surface area contributed by atoms with E-state index in [1.54, 1.807) is 6.07 Å². The van der Waals surface area contributed by atoms with Gasteiger partial charge < -0.3 is 10.2 Å². The molecule has 130 valence electrons. The zero-order valence-electron chi connectivity index (χ0n) is 13.9. The maximum absolute atomic E-state index is 12.1. The molecule has 1 aliphatic heterocycles. The second-order valence-electron chi connectivity index (χ2n) is 6.32. The summed E-state index contributed by atoms with van der Waals surface area (Å²) < 4.78 is 0. The predicted octanol–water partition coefficient (Wildman–Crippen LogP) is 3.15. The standard InChI is InChI=1S/C20H21NO4/c22-18-11-9-15(8-4-7-14-5-2-1-3-6-14)13-17(18)21-16(20(24)25)10-12-19(21)23/h1-3,5-6,9,11,13,16,22H,4,7-8,10,12H2,(H,24,25). The molecule has 0 spiro atoms. The van der Waals surface area contributed by atoms with Gasteiger partial charge in [-0.2, -0.15) is 0 Å². The minimum atomic E-state index is -1.04. The topological polar surface area (TPSA) is 77.8 Å². The first-order valence-electron chi connectivity index (χ1n) is 8.47. The van der Waals surface area contributed by atoms with E-state index in [0.717, 1.165) is 24.8 Å². The maximum atomic E-state index is 12.1. The van der Waals surface area contributed by atoms with Gasteiger partial charge >= 0.3 is 5.97 Å². The molecule has 0 radical (unpaired) electrons. The number of aliphatic carboxylic acids is 1. The molecule has 1 amide bonds. The third-order valence-corrected chi connectivity index (χ3v) is 4.57. The number of phenols is 1. The summed E-state index contributed by atoms with van der Waals surface area (Å²) in [6.45, 7) is 0. The lowest BCUT2D eigenvalue weighted by Gasteiger charge is -2.23. The fraction of sp³-hybridized carbons (Fsp3) is 0.300. The molecule has 1 unspecified atom stereocenters. The Hall–Kier alpha value is -2.82. The minimum absolute atomic E-state index is 0.0618. The van der Waals surface area contributed by atoms with Crippen molar-refractivity contribution < 1.29 is 19.8 Å². The summed E-state index contributed by atoms with van der Waals surface area (Å²) in [5.74, 6) is -1.36. The van der Waals surface area contributed by atoms with Crippen LogP contribution in [0.1, 0.15) is 30.4 Å². The smallest absolute Gasteiger partial charge is 0.326 e. The Labute approximate surface area is 146 Å². The van der Waals surface area contributed by atoms with Crippen LogP contribution in [0.3, 0.4) is 0 Å². The van der Waals surface area contributed by atoms with E-state index in [-0.39, 0.29) is 24.5 Å². The average molecular weight is 339 g/mol. The number of amides is 1. The number of benzene rings is 2. The first-order chi connectivity index (χ1) is 12.1. The molecular weight excluding hydrogens is 318 g/mol. The van der Waals surface area contributed by atoms with Gasteiger partial charge in [-0.05, 0) is 48.9 Å². The van der Waals surface area contributed by atoms with Crippen molar-refractivity contribution in [2.45, 2.75) is 38.1 Å². The number of anilines is 1. The Morgan fingerprint density at radius 2 is 1.80 bits per heavy atom. The van der Waals surface area contributed by atoms with E-state index in [2.05, 4.69) is 12.1 Å². The van der Waals surface area contributed by atoms with Crippen molar-refractivity contribution in [2.24, 2.45) is 0 Å². The Morgan fingerprint density at radius 3 is 2.52 bits per heavy atom. The quantitative estimate of drug-likeness (QED) is 0.847. The number of hydrogen-bond donors (Lipinski definition) is 2. The van der Waals surface area contributed by atoms with Gasteiger partial charge in [0.2, 0.25) is 5.91 Å². The van der Waals surface area contributed by atoms with Crippen LogP contribution in [0.4, 0.5) is 5.69 Å². The van der Waals surface area contributed by atoms with Gasteiger partial charge in [0.05, 0.1) is 5.69 Å². The summed E-state index contributed by atoms with van der Waals surface area (Å²) in [7, 11) is 0. The van der Waals surface area contributed by atoms with Gasteiger partial charge in [0.1, 0.15) is 11.8 Å². The molecule has 2 N–H and O–H groups in total. The molecule has 2 aromatic carbocycles. The molecule has 0 saturated carbocycles. The third kappa shape index (κ3) is 3.82. The Bertz CT molecular complexity index is 773. The van der Waals surface area contributed by atoms with E-state index in [9.17, 15) is 19.8 Å². The van der Waals surface area contributed by atoms with E-state index in [4.69, 9.17) is 0 Å². The lowest BCUT2D eigenvalue weighted by molar-refractivity contribution is -0.138. The zero-order chi connectivity index (χ0) is 17.8. The normalized spacial score (nSPS) is 17.0. The van der Waals surface area contributed by atoms with Crippen LogP contribution in [0.25, 0.3) is 0 Å². The van der Waals surface area contributed by atoms with E-state index in [1.807, 2.05) is 24.3 Å². The molecule has 1 heterocycles. The molecule has 5 heteroatoms. The number of carbonyl (C=O) groups excluding carboxylic acids is 1. The molecule has 1 saturated heterocycles. The largest absolute Gasteiger partial charge is 0.506 e. The van der Waals surface area contributed by atoms with E-state index >= 15 is 0 Å². The first-order valence-corrected chi connectivity index (χ1v) is 8.47. The number of phenolic OH excluding ortho intramolecular Hbond substituents is 1. The van der Waals surface area contributed by atoms with Crippen LogP contribution >= 0.6 is 0 Å². The van der Waals surface area contributed by atoms with Gasteiger partial charge in [-0.25, -0.2) is 4.79 Å². The van der Waals surface area contributed by atoms with Crippen LogP contribution in [0.15, 0.2) is 48.5 Å². The monoisotopic (exact) mass is 339 g/mol. The van der Waals surface area contributed by atoms with Crippen molar-refractivity contribution in [3.63, 3.8) is 0 Å². The maximum Gasteiger partial charge on any atom is 0.326 e. The number of rotatable bonds is 6. The van der Waals surface area contributed by atoms with Gasteiger partial charge in [-0.15, -0.1) is 0 Å². The van der Waals surface area contributed by atoms with Crippen molar-refractivity contribution in [3.05, 3.63) is 59.7 Å². The number of carbonyl (C=O) groups is 2. The predicted molar refractivity (Wildman–Crippen MR) is 94.7 cm³/mol. The van der Waals surface area contributed by atoms with Crippen LogP contribution < -0.4 is 4.90 Å². The van der Waals surface area contributed by atoms with Crippen LogP contribution in [0.2, 0.25) is 0 Å². The van der Waals surface area contributed by atoms with Crippen LogP contribution in [0, 0.1) is 0 Å². The molecule has 5 nitrogen and oxygen atoms in total. The van der Waals surface area contributed by atoms with Crippen LogP contribution in [-0.4, -0.2) is 28.1 Å². The number of nitrogens with zero attached hydrogens (tertiary/aromatic N) is 1. The number of aromatic hydroxyl groups is 1. The fourth-order valence-corrected chi connectivity index (χ4v) is 3.28. The Morgan fingerprint density at radius 1 is 1.08 bits per heavy atom. The van der Waals surface area contributed by atoms with Gasteiger partial charge in [0, 0.05) is 6.42 Å². The Balaban J connectivity index is 1.74. The van der Waals surface area contributed by atoms with Gasteiger partial charge in [0.25, 0.3) is 0 Å². The molecular formula is C20H21NO4. The molecule has 0 aromatic heterocycles. The summed E-state index contributed by atoms with van der Waals surface area (Å²) >= 11 is 0. The summed E-state index contributed by atoms with van der Waals surface area (Å²) in [6.07, 6.45) is 3.13. The lowest BCUT2D eigenvalue weighted by Crippen LogP contribution is -2.38. The molecule has 1 aliphatic rings. The number of hydrogen-bond acceptors (Lipinski definition) is 3. The lowest BCUT2D eigenvalue weighted by atomic mass is 10.0. The van der Waals surface area contributed by atoms with Gasteiger partial charge in [-0.3, -0.25) is 9.69 Å². The SMILES string of the molecule is O=C(O)C1CCC(=O)N1c1cc(CCCc2ccccc2)ccc1O. The summed E-state index contributed by atoms with van der Waals surface area (Å²) in [4.78, 5) is 24.7. The number of aryl methyl sites for hydroxylation is 2. The van der Waals surface area contributed by atoms with Crippen LogP contribution in [0.5, 0.6) is 5.75 Å². The highest BCUT2D eigenvalue weighted by Crippen LogP contribution is 2.35. The summed E-state index contributed by atoms with van der Waals surface area (Å²) in [5, 5.41) is 19.4. The second kappa shape index (κ2) is 7.38. The first kappa shape index (κ1) is 17.0. The molecule has 25 heavy (non-hydrogen) atoms. The van der Waals surface area contributed by atoms with Gasteiger partial charge in [0.15, 0.2) is 0 Å². The third-order valence-electron chi connectivity index (χ3n) is 4.57. The highest BCUT2D eigenvalue weighted by molar-refractivity contribution is 6.03. The molecule has 0 bridgehead atoms.